The molecule has 3 N–H and O–H groups in total. The molecular formula is C7H8N4O. The summed E-state index contributed by atoms with van der Waals surface area (Å²) in [6.45, 7) is 0.589. The van der Waals surface area contributed by atoms with E-state index < -0.39 is 6.04 Å². The van der Waals surface area contributed by atoms with Crippen molar-refractivity contribution < 1.29 is 4.79 Å². The van der Waals surface area contributed by atoms with E-state index in [1.165, 1.54) is 6.33 Å². The number of fused-ring (bicyclic) bond motifs is 1. The number of hydrogen-bond acceptors (Lipinski definition) is 4. The summed E-state index contributed by atoms with van der Waals surface area (Å²) < 4.78 is 0. The van der Waals surface area contributed by atoms with E-state index in [1.54, 1.807) is 6.20 Å². The Kier molecular flexibility index (Phi) is 1.51. The summed E-state index contributed by atoms with van der Waals surface area (Å²) >= 11 is 0. The molecule has 1 aliphatic rings. The second-order valence-electron chi connectivity index (χ2n) is 2.64. The normalized spacial score (nSPS) is 20.5. The number of carbonyl (C=O) groups is 1. The molecule has 1 unspecified atom stereocenters. The predicted octanol–water partition coefficient (Wildman–Crippen LogP) is -0.894. The molecule has 2 heterocycles. The predicted molar refractivity (Wildman–Crippen MR) is 40.8 cm³/mol. The summed E-state index contributed by atoms with van der Waals surface area (Å²) in [7, 11) is 0. The van der Waals surface area contributed by atoms with E-state index in [4.69, 9.17) is 5.73 Å². The average Bonchev–Trinajstić information content (AvgIpc) is 2.47. The first-order valence-electron chi connectivity index (χ1n) is 3.60. The third-order valence-corrected chi connectivity index (χ3v) is 1.90. The number of hydrogen-bond donors (Lipinski definition) is 2. The Hall–Kier alpha value is -1.49. The molecule has 1 aliphatic heterocycles. The summed E-state index contributed by atoms with van der Waals surface area (Å²) in [5.74, 6) is -0.386. The van der Waals surface area contributed by atoms with Gasteiger partial charge in [-0.3, -0.25) is 10.1 Å². The van der Waals surface area contributed by atoms with Crippen molar-refractivity contribution in [2.24, 2.45) is 5.73 Å². The second kappa shape index (κ2) is 2.53. The van der Waals surface area contributed by atoms with Crippen molar-refractivity contribution in [2.75, 3.05) is 0 Å². The molecule has 62 valence electrons. The lowest BCUT2D eigenvalue weighted by molar-refractivity contribution is -0.119. The third kappa shape index (κ3) is 0.947. The van der Waals surface area contributed by atoms with Crippen LogP contribution in [0.15, 0.2) is 12.5 Å². The van der Waals surface area contributed by atoms with Crippen LogP contribution in [-0.2, 0) is 11.3 Å². The Labute approximate surface area is 69.0 Å². The summed E-state index contributed by atoms with van der Waals surface area (Å²) in [5, 5.41) is 2.94. The van der Waals surface area contributed by atoms with Gasteiger partial charge in [-0.2, -0.15) is 0 Å². The van der Waals surface area contributed by atoms with Gasteiger partial charge in [0.05, 0.1) is 5.69 Å². The largest absolute Gasteiger partial charge is 0.368 e. The van der Waals surface area contributed by atoms with Gasteiger partial charge >= 0.3 is 0 Å². The molecular weight excluding hydrogens is 156 g/mol. The third-order valence-electron chi connectivity index (χ3n) is 1.90. The Morgan fingerprint density at radius 3 is 3.33 bits per heavy atom. The maximum absolute atomic E-state index is 10.9. The summed E-state index contributed by atoms with van der Waals surface area (Å²) in [5.41, 5.74) is 6.81. The highest BCUT2D eigenvalue weighted by molar-refractivity contribution is 5.82. The first-order valence-corrected chi connectivity index (χ1v) is 3.60. The lowest BCUT2D eigenvalue weighted by Gasteiger charge is -2.04. The van der Waals surface area contributed by atoms with E-state index >= 15 is 0 Å². The molecule has 5 nitrogen and oxygen atoms in total. The zero-order chi connectivity index (χ0) is 8.55. The van der Waals surface area contributed by atoms with E-state index in [9.17, 15) is 4.79 Å². The Morgan fingerprint density at radius 1 is 1.75 bits per heavy atom. The van der Waals surface area contributed by atoms with Crippen molar-refractivity contribution in [2.45, 2.75) is 12.6 Å². The number of primary amides is 1. The topological polar surface area (TPSA) is 80.9 Å². The molecule has 0 saturated heterocycles. The van der Waals surface area contributed by atoms with Gasteiger partial charge < -0.3 is 5.73 Å². The number of carbonyl (C=O) groups excluding carboxylic acids is 1. The maximum atomic E-state index is 10.9. The minimum Gasteiger partial charge on any atom is -0.368 e. The number of aromatic nitrogens is 2. The molecule has 0 bridgehead atoms. The minimum absolute atomic E-state index is 0.386. The van der Waals surface area contributed by atoms with Gasteiger partial charge in [0.25, 0.3) is 0 Å². The van der Waals surface area contributed by atoms with E-state index in [0.29, 0.717) is 6.54 Å². The molecule has 0 fully saturated rings. The van der Waals surface area contributed by atoms with Gasteiger partial charge in [0, 0.05) is 18.3 Å². The van der Waals surface area contributed by atoms with Crippen LogP contribution in [0.1, 0.15) is 17.3 Å². The zero-order valence-electron chi connectivity index (χ0n) is 6.32. The lowest BCUT2D eigenvalue weighted by Crippen LogP contribution is -2.28. The Bertz CT molecular complexity index is 325. The molecule has 12 heavy (non-hydrogen) atoms. The molecule has 2 rings (SSSR count). The second-order valence-corrected chi connectivity index (χ2v) is 2.64. The number of nitrogens with two attached hydrogens (primary N) is 1. The fourth-order valence-corrected chi connectivity index (χ4v) is 1.32. The Morgan fingerprint density at radius 2 is 2.58 bits per heavy atom. The van der Waals surface area contributed by atoms with Gasteiger partial charge in [0.1, 0.15) is 12.4 Å². The van der Waals surface area contributed by atoms with E-state index in [1.807, 2.05) is 0 Å². The molecule has 1 aromatic heterocycles. The first kappa shape index (κ1) is 7.17. The van der Waals surface area contributed by atoms with Crippen LogP contribution in [0.25, 0.3) is 0 Å². The summed E-state index contributed by atoms with van der Waals surface area (Å²) in [6, 6.07) is -0.416. The van der Waals surface area contributed by atoms with Crippen LogP contribution in [-0.4, -0.2) is 15.9 Å². The van der Waals surface area contributed by atoms with Crippen molar-refractivity contribution in [3.8, 4) is 0 Å². The summed E-state index contributed by atoms with van der Waals surface area (Å²) in [4.78, 5) is 18.7. The average molecular weight is 164 g/mol. The standard InChI is InChI=1S/C7H8N4O/c8-7(12)6-4-1-9-3-11-5(4)2-10-6/h1,3,6,10H,2H2,(H2,8,12). The minimum atomic E-state index is -0.416. The first-order chi connectivity index (χ1) is 5.79. The number of nitrogens with zero attached hydrogens (tertiary/aromatic N) is 2. The number of rotatable bonds is 1. The van der Waals surface area contributed by atoms with Gasteiger partial charge in [-0.05, 0) is 0 Å². The molecule has 1 atom stereocenters. The van der Waals surface area contributed by atoms with Gasteiger partial charge in [-0.15, -0.1) is 0 Å². The van der Waals surface area contributed by atoms with Crippen molar-refractivity contribution in [3.63, 3.8) is 0 Å². The van der Waals surface area contributed by atoms with Crippen molar-refractivity contribution >= 4 is 5.91 Å². The van der Waals surface area contributed by atoms with Gasteiger partial charge in [0.2, 0.25) is 5.91 Å². The van der Waals surface area contributed by atoms with Crippen LogP contribution < -0.4 is 11.1 Å². The van der Waals surface area contributed by atoms with Gasteiger partial charge in [-0.1, -0.05) is 0 Å². The SMILES string of the molecule is NC(=O)C1NCc2ncncc21. The maximum Gasteiger partial charge on any atom is 0.239 e. The molecule has 5 heteroatoms. The lowest BCUT2D eigenvalue weighted by atomic mass is 10.1. The highest BCUT2D eigenvalue weighted by Gasteiger charge is 2.26. The highest BCUT2D eigenvalue weighted by atomic mass is 16.1. The molecule has 0 radical (unpaired) electrons. The number of nitrogens with one attached hydrogen (secondary N) is 1. The summed E-state index contributed by atoms with van der Waals surface area (Å²) in [6.07, 6.45) is 3.08. The molecule has 1 aromatic rings. The van der Waals surface area contributed by atoms with E-state index in [2.05, 4.69) is 15.3 Å². The monoisotopic (exact) mass is 164 g/mol. The quantitative estimate of drug-likeness (QED) is 0.564. The van der Waals surface area contributed by atoms with Crippen LogP contribution in [0.4, 0.5) is 0 Å². The highest BCUT2D eigenvalue weighted by Crippen LogP contribution is 2.21. The van der Waals surface area contributed by atoms with Crippen molar-refractivity contribution in [3.05, 3.63) is 23.8 Å². The Balaban J connectivity index is 2.42. The number of amides is 1. The smallest absolute Gasteiger partial charge is 0.239 e. The molecule has 0 saturated carbocycles. The molecule has 0 aromatic carbocycles. The van der Waals surface area contributed by atoms with Gasteiger partial charge in [0.15, 0.2) is 0 Å². The van der Waals surface area contributed by atoms with Crippen molar-refractivity contribution in [1.82, 2.24) is 15.3 Å². The molecule has 0 spiro atoms. The molecule has 1 amide bonds. The molecule has 0 aliphatic carbocycles. The van der Waals surface area contributed by atoms with Crippen LogP contribution in [0.3, 0.4) is 0 Å². The van der Waals surface area contributed by atoms with Crippen LogP contribution in [0, 0.1) is 0 Å². The van der Waals surface area contributed by atoms with E-state index in [-0.39, 0.29) is 5.91 Å². The van der Waals surface area contributed by atoms with Crippen molar-refractivity contribution in [1.29, 1.82) is 0 Å². The fraction of sp³-hybridized carbons (Fsp3) is 0.286. The van der Waals surface area contributed by atoms with E-state index in [0.717, 1.165) is 11.3 Å². The zero-order valence-corrected chi connectivity index (χ0v) is 6.32. The van der Waals surface area contributed by atoms with Gasteiger partial charge in [-0.25, -0.2) is 9.97 Å². The fourth-order valence-electron chi connectivity index (χ4n) is 1.32. The van der Waals surface area contributed by atoms with Crippen LogP contribution in [0.2, 0.25) is 0 Å². The van der Waals surface area contributed by atoms with Crippen LogP contribution >= 0.6 is 0 Å². The van der Waals surface area contributed by atoms with Crippen LogP contribution in [0.5, 0.6) is 0 Å².